The zero-order valence-corrected chi connectivity index (χ0v) is 16.9. The van der Waals surface area contributed by atoms with Gasteiger partial charge in [-0.25, -0.2) is 0 Å². The van der Waals surface area contributed by atoms with Crippen molar-refractivity contribution in [3.8, 4) is 5.75 Å². The Hall–Kier alpha value is -2.00. The van der Waals surface area contributed by atoms with Crippen LogP contribution >= 0.6 is 23.2 Å². The summed E-state index contributed by atoms with van der Waals surface area (Å²) in [7, 11) is 0. The van der Waals surface area contributed by atoms with Gasteiger partial charge in [0.2, 0.25) is 0 Å². The molecule has 0 fully saturated rings. The van der Waals surface area contributed by atoms with E-state index in [1.165, 1.54) is 11.1 Å². The highest BCUT2D eigenvalue weighted by Gasteiger charge is 2.06. The zero-order valence-electron chi connectivity index (χ0n) is 15.3. The second kappa shape index (κ2) is 9.80. The van der Waals surface area contributed by atoms with Crippen LogP contribution < -0.4 is 10.1 Å². The monoisotopic (exact) mass is 399 g/mol. The van der Waals surface area contributed by atoms with Gasteiger partial charge in [0.05, 0.1) is 0 Å². The van der Waals surface area contributed by atoms with Crippen molar-refractivity contribution < 1.29 is 4.74 Å². The number of ether oxygens (including phenoxy) is 1. The lowest BCUT2D eigenvalue weighted by Gasteiger charge is -2.13. The molecule has 3 aromatic carbocycles. The maximum atomic E-state index is 6.18. The molecule has 0 aliphatic heterocycles. The molecule has 0 bridgehead atoms. The molecule has 3 rings (SSSR count). The van der Waals surface area contributed by atoms with Crippen molar-refractivity contribution in [2.24, 2.45) is 0 Å². The van der Waals surface area contributed by atoms with E-state index in [4.69, 9.17) is 27.9 Å². The Kier molecular flexibility index (Phi) is 7.17. The first-order valence-corrected chi connectivity index (χ1v) is 9.78. The largest absolute Gasteiger partial charge is 0.489 e. The number of rotatable bonds is 8. The summed E-state index contributed by atoms with van der Waals surface area (Å²) in [5.74, 6) is 0.860. The van der Waals surface area contributed by atoms with E-state index in [1.807, 2.05) is 30.3 Å². The molecule has 0 atom stereocenters. The average Bonchev–Trinajstić information content (AvgIpc) is 2.67. The van der Waals surface area contributed by atoms with Gasteiger partial charge in [0.25, 0.3) is 0 Å². The highest BCUT2D eigenvalue weighted by molar-refractivity contribution is 6.30. The first-order valence-electron chi connectivity index (χ1n) is 9.02. The fourth-order valence-electron chi connectivity index (χ4n) is 2.78. The van der Waals surface area contributed by atoms with Crippen molar-refractivity contribution in [2.45, 2.75) is 26.5 Å². The van der Waals surface area contributed by atoms with E-state index < -0.39 is 0 Å². The lowest BCUT2D eigenvalue weighted by Crippen LogP contribution is -2.17. The molecule has 0 unspecified atom stereocenters. The predicted molar refractivity (Wildman–Crippen MR) is 114 cm³/mol. The molecule has 1 N–H and O–H groups in total. The van der Waals surface area contributed by atoms with Crippen LogP contribution in [-0.4, -0.2) is 6.54 Å². The van der Waals surface area contributed by atoms with Crippen LogP contribution in [0.25, 0.3) is 0 Å². The molecule has 2 nitrogen and oxygen atoms in total. The fraction of sp³-hybridized carbons (Fsp3) is 0.217. The Morgan fingerprint density at radius 1 is 0.815 bits per heavy atom. The summed E-state index contributed by atoms with van der Waals surface area (Å²) in [5, 5.41) is 4.95. The SMILES string of the molecule is Cc1ccc(COc2ccc(Cl)cc2CNCCc2ccc(Cl)cc2)cc1. The smallest absolute Gasteiger partial charge is 0.124 e. The molecule has 3 aromatic rings. The Balaban J connectivity index is 1.55. The van der Waals surface area contributed by atoms with E-state index in [0.717, 1.165) is 34.9 Å². The van der Waals surface area contributed by atoms with Gasteiger partial charge < -0.3 is 10.1 Å². The van der Waals surface area contributed by atoms with Gasteiger partial charge in [-0.3, -0.25) is 0 Å². The molecule has 0 aliphatic rings. The summed E-state index contributed by atoms with van der Waals surface area (Å²) < 4.78 is 6.03. The minimum atomic E-state index is 0.541. The molecule has 0 saturated carbocycles. The van der Waals surface area contributed by atoms with E-state index in [2.05, 4.69) is 48.6 Å². The Bertz CT molecular complexity index is 861. The number of hydrogen-bond acceptors (Lipinski definition) is 2. The quantitative estimate of drug-likeness (QED) is 0.454. The van der Waals surface area contributed by atoms with Gasteiger partial charge in [-0.2, -0.15) is 0 Å². The first-order chi connectivity index (χ1) is 13.1. The molecule has 0 saturated heterocycles. The van der Waals surface area contributed by atoms with Gasteiger partial charge in [-0.05, 0) is 61.3 Å². The third-order valence-corrected chi connectivity index (χ3v) is 4.84. The molecule has 0 heterocycles. The molecule has 4 heteroatoms. The summed E-state index contributed by atoms with van der Waals surface area (Å²) in [6.45, 7) is 4.19. The zero-order chi connectivity index (χ0) is 19.1. The minimum Gasteiger partial charge on any atom is -0.489 e. The summed E-state index contributed by atoms with van der Waals surface area (Å²) in [5.41, 5.74) is 4.72. The third kappa shape index (κ3) is 6.28. The van der Waals surface area contributed by atoms with Crippen LogP contribution in [0, 0.1) is 6.92 Å². The first kappa shape index (κ1) is 19.8. The van der Waals surface area contributed by atoms with Crippen molar-refractivity contribution in [1.82, 2.24) is 5.32 Å². The van der Waals surface area contributed by atoms with Crippen LogP contribution in [0.4, 0.5) is 0 Å². The third-order valence-electron chi connectivity index (χ3n) is 4.36. The second-order valence-electron chi connectivity index (χ2n) is 6.58. The number of hydrogen-bond donors (Lipinski definition) is 1. The lowest BCUT2D eigenvalue weighted by molar-refractivity contribution is 0.302. The van der Waals surface area contributed by atoms with Crippen molar-refractivity contribution in [2.75, 3.05) is 6.54 Å². The topological polar surface area (TPSA) is 21.3 Å². The standard InChI is InChI=1S/C23H23Cl2NO/c1-17-2-4-19(5-3-17)16-27-23-11-10-22(25)14-20(23)15-26-13-12-18-6-8-21(24)9-7-18/h2-11,14,26H,12-13,15-16H2,1H3. The van der Waals surface area contributed by atoms with Crippen LogP contribution in [0.15, 0.2) is 66.7 Å². The fourth-order valence-corrected chi connectivity index (χ4v) is 3.10. The number of nitrogens with one attached hydrogen (secondary N) is 1. The van der Waals surface area contributed by atoms with Gasteiger partial charge in [-0.15, -0.1) is 0 Å². The van der Waals surface area contributed by atoms with Gasteiger partial charge in [0.15, 0.2) is 0 Å². The highest BCUT2D eigenvalue weighted by atomic mass is 35.5. The van der Waals surface area contributed by atoms with Crippen LogP contribution in [0.5, 0.6) is 5.75 Å². The molecule has 27 heavy (non-hydrogen) atoms. The normalized spacial score (nSPS) is 10.8. The van der Waals surface area contributed by atoms with E-state index in [-0.39, 0.29) is 0 Å². The Labute approximate surface area is 171 Å². The van der Waals surface area contributed by atoms with E-state index in [9.17, 15) is 0 Å². The minimum absolute atomic E-state index is 0.541. The van der Waals surface area contributed by atoms with Crippen LogP contribution in [0.1, 0.15) is 22.3 Å². The van der Waals surface area contributed by atoms with E-state index >= 15 is 0 Å². The van der Waals surface area contributed by atoms with Crippen molar-refractivity contribution >= 4 is 23.2 Å². The van der Waals surface area contributed by atoms with Crippen molar-refractivity contribution in [1.29, 1.82) is 0 Å². The van der Waals surface area contributed by atoms with Crippen molar-refractivity contribution in [3.63, 3.8) is 0 Å². The average molecular weight is 400 g/mol. The summed E-state index contributed by atoms with van der Waals surface area (Å²) in [6.07, 6.45) is 0.942. The molecular weight excluding hydrogens is 377 g/mol. The summed E-state index contributed by atoms with van der Waals surface area (Å²) >= 11 is 12.1. The molecule has 140 valence electrons. The molecule has 0 radical (unpaired) electrons. The van der Waals surface area contributed by atoms with Gasteiger partial charge in [-0.1, -0.05) is 65.2 Å². The number of halogens is 2. The van der Waals surface area contributed by atoms with Gasteiger partial charge >= 0.3 is 0 Å². The Morgan fingerprint density at radius 2 is 1.48 bits per heavy atom. The second-order valence-corrected chi connectivity index (χ2v) is 7.45. The van der Waals surface area contributed by atoms with Crippen LogP contribution in [0.3, 0.4) is 0 Å². The number of aryl methyl sites for hydroxylation is 1. The molecule has 0 spiro atoms. The van der Waals surface area contributed by atoms with Crippen LogP contribution in [0.2, 0.25) is 10.0 Å². The van der Waals surface area contributed by atoms with E-state index in [1.54, 1.807) is 0 Å². The van der Waals surface area contributed by atoms with Gasteiger partial charge in [0.1, 0.15) is 12.4 Å². The summed E-state index contributed by atoms with van der Waals surface area (Å²) in [4.78, 5) is 0. The summed E-state index contributed by atoms with van der Waals surface area (Å²) in [6, 6.07) is 22.1. The Morgan fingerprint density at radius 3 is 2.22 bits per heavy atom. The van der Waals surface area contributed by atoms with Gasteiger partial charge in [0, 0.05) is 22.2 Å². The molecular formula is C23H23Cl2NO. The highest BCUT2D eigenvalue weighted by Crippen LogP contribution is 2.24. The van der Waals surface area contributed by atoms with Crippen LogP contribution in [-0.2, 0) is 19.6 Å². The van der Waals surface area contributed by atoms with Crippen molar-refractivity contribution in [3.05, 3.63) is 99.0 Å². The molecule has 0 aromatic heterocycles. The lowest BCUT2D eigenvalue weighted by atomic mass is 10.1. The number of benzene rings is 3. The van der Waals surface area contributed by atoms with E-state index in [0.29, 0.717) is 18.2 Å². The maximum Gasteiger partial charge on any atom is 0.124 e. The maximum absolute atomic E-state index is 6.18. The molecule has 0 aliphatic carbocycles. The predicted octanol–water partition coefficient (Wildman–Crippen LogP) is 6.21. The molecule has 0 amide bonds.